The van der Waals surface area contributed by atoms with Crippen molar-refractivity contribution in [2.75, 3.05) is 52.5 Å². The molecule has 190 valence electrons. The van der Waals surface area contributed by atoms with Crippen molar-refractivity contribution in [1.29, 1.82) is 0 Å². The fourth-order valence-corrected chi connectivity index (χ4v) is 7.09. The largest absolute Gasteiger partial charge is 0.481 e. The number of rotatable bonds is 10. The van der Waals surface area contributed by atoms with Crippen molar-refractivity contribution in [2.45, 2.75) is 48.4 Å². The molecule has 34 heavy (non-hydrogen) atoms. The van der Waals surface area contributed by atoms with E-state index in [0.29, 0.717) is 45.7 Å². The third-order valence-electron chi connectivity index (χ3n) is 7.77. The molecule has 2 amide bonds. The van der Waals surface area contributed by atoms with E-state index in [2.05, 4.69) is 27.4 Å². The van der Waals surface area contributed by atoms with Crippen LogP contribution < -0.4 is 0 Å². The maximum atomic E-state index is 14.1. The molecule has 2 bridgehead atoms. The number of carbonyl (C=O) groups is 3. The van der Waals surface area contributed by atoms with Crippen LogP contribution in [-0.2, 0) is 23.9 Å². The number of aliphatic hydroxyl groups is 1. The van der Waals surface area contributed by atoms with Gasteiger partial charge in [0.25, 0.3) is 0 Å². The summed E-state index contributed by atoms with van der Waals surface area (Å²) in [6, 6.07) is -1.60. The molecule has 0 radical (unpaired) electrons. The average Bonchev–Trinajstić information content (AvgIpc) is 3.42. The summed E-state index contributed by atoms with van der Waals surface area (Å²) in [6.07, 6.45) is 1.76. The van der Waals surface area contributed by atoms with Crippen LogP contribution in [0.15, 0.2) is 12.7 Å². The van der Waals surface area contributed by atoms with Gasteiger partial charge in [0.1, 0.15) is 11.6 Å². The van der Waals surface area contributed by atoms with Gasteiger partial charge in [0.05, 0.1) is 43.8 Å². The van der Waals surface area contributed by atoms with Crippen molar-refractivity contribution in [3.63, 3.8) is 0 Å². The number of carboxylic acid groups (broad SMARTS) is 1. The maximum Gasteiger partial charge on any atom is 0.310 e. The normalized spacial score (nSPS) is 35.9. The Bertz CT molecular complexity index is 818. The first kappa shape index (κ1) is 25.6. The van der Waals surface area contributed by atoms with E-state index < -0.39 is 47.5 Å². The Labute approximate surface area is 208 Å². The van der Waals surface area contributed by atoms with Crippen LogP contribution in [0.3, 0.4) is 0 Å². The van der Waals surface area contributed by atoms with Gasteiger partial charge in [-0.1, -0.05) is 28.9 Å². The standard InChI is InChI=1S/C23H34BrN3O7/c1-3-5-26(7-6-25-8-10-33-11-9-25)21(30)19-23-12-15(24)18(34-23)16(22(31)32)17(23)20(29)27(19)14(4-2)13-28/h3,14-19,28H,1,4-13H2,2H3,(H,31,32)/t14-,15?,16+,17-,18+,19?,23?/m0/s1. The topological polar surface area (TPSA) is 120 Å². The molecule has 4 fully saturated rings. The van der Waals surface area contributed by atoms with Gasteiger partial charge in [-0.3, -0.25) is 19.3 Å². The summed E-state index contributed by atoms with van der Waals surface area (Å²) in [5.74, 6) is -3.80. The number of likely N-dealkylation sites (tertiary alicyclic amines) is 1. The molecule has 0 aromatic carbocycles. The second kappa shape index (κ2) is 10.2. The first-order chi connectivity index (χ1) is 16.3. The Kier molecular flexibility index (Phi) is 7.68. The van der Waals surface area contributed by atoms with Crippen LogP contribution in [0, 0.1) is 11.8 Å². The molecule has 4 rings (SSSR count). The van der Waals surface area contributed by atoms with E-state index in [-0.39, 0.29) is 17.3 Å². The molecule has 2 N–H and O–H groups in total. The number of hydrogen-bond donors (Lipinski definition) is 2. The van der Waals surface area contributed by atoms with Crippen LogP contribution in [0.25, 0.3) is 0 Å². The van der Waals surface area contributed by atoms with Crippen LogP contribution in [0.4, 0.5) is 0 Å². The van der Waals surface area contributed by atoms with Crippen LogP contribution in [0.2, 0.25) is 0 Å². The highest BCUT2D eigenvalue weighted by Gasteiger charge is 2.77. The summed E-state index contributed by atoms with van der Waals surface area (Å²) in [6.45, 7) is 9.57. The molecule has 10 nitrogen and oxygen atoms in total. The zero-order chi connectivity index (χ0) is 24.6. The smallest absolute Gasteiger partial charge is 0.310 e. The van der Waals surface area contributed by atoms with Gasteiger partial charge in [0.15, 0.2) is 0 Å². The Morgan fingerprint density at radius 1 is 1.38 bits per heavy atom. The monoisotopic (exact) mass is 543 g/mol. The minimum absolute atomic E-state index is 0.275. The molecule has 0 saturated carbocycles. The number of carboxylic acids is 1. The number of aliphatic carboxylic acids is 1. The molecule has 3 unspecified atom stereocenters. The number of alkyl halides is 1. The Morgan fingerprint density at radius 2 is 2.09 bits per heavy atom. The zero-order valence-corrected chi connectivity index (χ0v) is 21.1. The van der Waals surface area contributed by atoms with E-state index in [9.17, 15) is 24.6 Å². The van der Waals surface area contributed by atoms with E-state index in [1.54, 1.807) is 11.0 Å². The average molecular weight is 544 g/mol. The first-order valence-electron chi connectivity index (χ1n) is 12.0. The number of carbonyl (C=O) groups excluding carboxylic acids is 2. The lowest BCUT2D eigenvalue weighted by Crippen LogP contribution is -2.59. The predicted octanol–water partition coefficient (Wildman–Crippen LogP) is -0.0633. The lowest BCUT2D eigenvalue weighted by molar-refractivity contribution is -0.153. The van der Waals surface area contributed by atoms with Gasteiger partial charge >= 0.3 is 5.97 Å². The molecule has 4 aliphatic heterocycles. The molecule has 1 spiro atoms. The third-order valence-corrected chi connectivity index (χ3v) is 8.62. The molecular weight excluding hydrogens is 510 g/mol. The van der Waals surface area contributed by atoms with Gasteiger partial charge in [-0.05, 0) is 12.8 Å². The quantitative estimate of drug-likeness (QED) is 0.290. The molecule has 7 atom stereocenters. The number of nitrogens with zero attached hydrogens (tertiary/aromatic N) is 3. The van der Waals surface area contributed by atoms with Crippen LogP contribution in [0.5, 0.6) is 0 Å². The van der Waals surface area contributed by atoms with E-state index >= 15 is 0 Å². The van der Waals surface area contributed by atoms with Crippen molar-refractivity contribution in [1.82, 2.24) is 14.7 Å². The number of amides is 2. The maximum absolute atomic E-state index is 14.1. The Balaban J connectivity index is 1.68. The summed E-state index contributed by atoms with van der Waals surface area (Å²) >= 11 is 3.55. The molecule has 4 saturated heterocycles. The highest BCUT2D eigenvalue weighted by atomic mass is 79.9. The number of hydrogen-bond acceptors (Lipinski definition) is 7. The first-order valence-corrected chi connectivity index (χ1v) is 12.9. The second-order valence-electron chi connectivity index (χ2n) is 9.52. The molecule has 11 heteroatoms. The number of halogens is 1. The summed E-state index contributed by atoms with van der Waals surface area (Å²) < 4.78 is 11.7. The SMILES string of the molecule is C=CCN(CCN1CCOCC1)C(=O)C1N([C@@H](CC)CO)C(=O)[C@@H]2[C@@H](C(=O)O)[C@@H]3OC12CC3Br. The Hall–Kier alpha value is -1.53. The van der Waals surface area contributed by atoms with Gasteiger partial charge in [-0.25, -0.2) is 0 Å². The van der Waals surface area contributed by atoms with Crippen molar-refractivity contribution in [2.24, 2.45) is 11.8 Å². The van der Waals surface area contributed by atoms with Crippen LogP contribution in [-0.4, -0.2) is 124 Å². The van der Waals surface area contributed by atoms with Gasteiger partial charge in [-0.2, -0.15) is 0 Å². The molecule has 0 aromatic heterocycles. The zero-order valence-electron chi connectivity index (χ0n) is 19.5. The van der Waals surface area contributed by atoms with Crippen LogP contribution in [0.1, 0.15) is 19.8 Å². The summed E-state index contributed by atoms with van der Waals surface area (Å²) in [5, 5.41) is 20.0. The molecule has 0 aliphatic carbocycles. The van der Waals surface area contributed by atoms with Crippen molar-refractivity contribution in [3.8, 4) is 0 Å². The highest BCUT2D eigenvalue weighted by Crippen LogP contribution is 2.60. The number of fused-ring (bicyclic) bond motifs is 1. The molecule has 0 aromatic rings. The van der Waals surface area contributed by atoms with E-state index in [4.69, 9.17) is 9.47 Å². The van der Waals surface area contributed by atoms with Gasteiger partial charge in [0.2, 0.25) is 11.8 Å². The van der Waals surface area contributed by atoms with E-state index in [1.165, 1.54) is 4.90 Å². The van der Waals surface area contributed by atoms with E-state index in [1.807, 2.05) is 6.92 Å². The van der Waals surface area contributed by atoms with Crippen molar-refractivity contribution >= 4 is 33.7 Å². The lowest BCUT2D eigenvalue weighted by Gasteiger charge is -2.39. The number of aliphatic hydroxyl groups excluding tert-OH is 1. The molecule has 4 aliphatic rings. The van der Waals surface area contributed by atoms with Gasteiger partial charge < -0.3 is 29.5 Å². The van der Waals surface area contributed by atoms with Crippen molar-refractivity contribution in [3.05, 3.63) is 12.7 Å². The van der Waals surface area contributed by atoms with E-state index in [0.717, 1.165) is 13.1 Å². The fraction of sp³-hybridized carbons (Fsp3) is 0.783. The van der Waals surface area contributed by atoms with Crippen molar-refractivity contribution < 1.29 is 34.1 Å². The van der Waals surface area contributed by atoms with Crippen LogP contribution >= 0.6 is 15.9 Å². The second-order valence-corrected chi connectivity index (χ2v) is 10.7. The lowest BCUT2D eigenvalue weighted by atomic mass is 9.70. The Morgan fingerprint density at radius 3 is 2.68 bits per heavy atom. The summed E-state index contributed by atoms with van der Waals surface area (Å²) in [7, 11) is 0. The summed E-state index contributed by atoms with van der Waals surface area (Å²) in [4.78, 5) is 45.0. The predicted molar refractivity (Wildman–Crippen MR) is 125 cm³/mol. The van der Waals surface area contributed by atoms with Gasteiger partial charge in [-0.15, -0.1) is 6.58 Å². The number of ether oxygens (including phenoxy) is 2. The minimum Gasteiger partial charge on any atom is -0.481 e. The van der Waals surface area contributed by atoms with Gasteiger partial charge in [0, 0.05) is 37.6 Å². The minimum atomic E-state index is -1.24. The molecule has 4 heterocycles. The highest BCUT2D eigenvalue weighted by molar-refractivity contribution is 9.09. The molecular formula is C23H34BrN3O7. The third kappa shape index (κ3) is 4.09. The fourth-order valence-electron chi connectivity index (χ4n) is 6.14. The number of morpholine rings is 1. The summed E-state index contributed by atoms with van der Waals surface area (Å²) in [5.41, 5.74) is -1.24.